The highest BCUT2D eigenvalue weighted by atomic mass is 35.5. The molecule has 24 heavy (non-hydrogen) atoms. The summed E-state index contributed by atoms with van der Waals surface area (Å²) in [6.07, 6.45) is 5.79. The fourth-order valence-corrected chi connectivity index (χ4v) is 3.64. The van der Waals surface area contributed by atoms with E-state index < -0.39 is 0 Å². The summed E-state index contributed by atoms with van der Waals surface area (Å²) in [5.41, 5.74) is 4.17. The van der Waals surface area contributed by atoms with Crippen molar-refractivity contribution in [1.82, 2.24) is 5.01 Å². The fourth-order valence-electron chi connectivity index (χ4n) is 3.45. The standard InChI is InChI=1S/C19H16ClN3O/c1-11-17-18(13-6-4-3-5-7-13)15-10-14(20)8-9-16(15)21-19(17)23(22-11)12(2)24/h3-10,16-17H,1-2H3. The number of carbonyl (C=O) groups excluding carboxylic acids is 1. The third kappa shape index (κ3) is 2.26. The van der Waals surface area contributed by atoms with Gasteiger partial charge in [0.05, 0.1) is 17.7 Å². The van der Waals surface area contributed by atoms with Gasteiger partial charge in [-0.25, -0.2) is 0 Å². The maximum absolute atomic E-state index is 12.0. The molecule has 4 nitrogen and oxygen atoms in total. The summed E-state index contributed by atoms with van der Waals surface area (Å²) < 4.78 is 0. The molecule has 3 aliphatic rings. The molecule has 2 heterocycles. The quantitative estimate of drug-likeness (QED) is 0.769. The first-order valence-corrected chi connectivity index (χ1v) is 8.22. The SMILES string of the molecule is CC(=O)N1N=C(C)C2C1=NC1C=CC(Cl)=CC1=C2c1ccccc1. The number of rotatable bonds is 1. The molecule has 0 saturated heterocycles. The van der Waals surface area contributed by atoms with Crippen LogP contribution in [0.2, 0.25) is 0 Å². The van der Waals surface area contributed by atoms with Crippen molar-refractivity contribution in [3.05, 3.63) is 64.7 Å². The first kappa shape index (κ1) is 15.1. The number of amidine groups is 1. The summed E-state index contributed by atoms with van der Waals surface area (Å²) in [7, 11) is 0. The number of dihydropyridines is 1. The van der Waals surface area contributed by atoms with Gasteiger partial charge in [0.1, 0.15) is 5.84 Å². The van der Waals surface area contributed by atoms with Crippen molar-refractivity contribution in [2.75, 3.05) is 0 Å². The van der Waals surface area contributed by atoms with Crippen LogP contribution in [-0.2, 0) is 4.79 Å². The van der Waals surface area contributed by atoms with Crippen LogP contribution in [0.15, 0.2) is 69.3 Å². The van der Waals surface area contributed by atoms with Gasteiger partial charge >= 0.3 is 0 Å². The summed E-state index contributed by atoms with van der Waals surface area (Å²) in [5, 5.41) is 6.55. The number of benzene rings is 1. The Morgan fingerprint density at radius 2 is 2.00 bits per heavy atom. The van der Waals surface area contributed by atoms with Gasteiger partial charge in [-0.15, -0.1) is 0 Å². The van der Waals surface area contributed by atoms with E-state index in [0.717, 1.165) is 22.4 Å². The minimum absolute atomic E-state index is 0.116. The minimum atomic E-state index is -0.142. The largest absolute Gasteiger partial charge is 0.273 e. The van der Waals surface area contributed by atoms with E-state index in [1.807, 2.05) is 43.4 Å². The Kier molecular flexibility index (Phi) is 3.50. The molecule has 0 fully saturated rings. The van der Waals surface area contributed by atoms with Crippen molar-refractivity contribution >= 4 is 34.6 Å². The van der Waals surface area contributed by atoms with Gasteiger partial charge in [0.25, 0.3) is 0 Å². The smallest absolute Gasteiger partial charge is 0.245 e. The van der Waals surface area contributed by atoms with E-state index in [-0.39, 0.29) is 17.9 Å². The highest BCUT2D eigenvalue weighted by Gasteiger charge is 2.42. The number of nitrogens with zero attached hydrogens (tertiary/aromatic N) is 3. The third-order valence-corrected chi connectivity index (χ3v) is 4.69. The lowest BCUT2D eigenvalue weighted by molar-refractivity contribution is -0.125. The number of carbonyl (C=O) groups is 1. The average Bonchev–Trinajstić information content (AvgIpc) is 2.90. The van der Waals surface area contributed by atoms with E-state index in [2.05, 4.69) is 17.2 Å². The molecule has 0 spiro atoms. The molecular formula is C19H16ClN3O. The predicted molar refractivity (Wildman–Crippen MR) is 96.8 cm³/mol. The maximum Gasteiger partial charge on any atom is 0.245 e. The summed E-state index contributed by atoms with van der Waals surface area (Å²) in [5.74, 6) is 0.457. The second-order valence-corrected chi connectivity index (χ2v) is 6.50. The van der Waals surface area contributed by atoms with Crippen molar-refractivity contribution in [2.24, 2.45) is 16.0 Å². The lowest BCUT2D eigenvalue weighted by atomic mass is 9.79. The number of fused-ring (bicyclic) bond motifs is 2. The number of aliphatic imine (C=N–C) groups is 1. The van der Waals surface area contributed by atoms with Crippen LogP contribution in [-0.4, -0.2) is 28.5 Å². The van der Waals surface area contributed by atoms with Crippen LogP contribution in [0.3, 0.4) is 0 Å². The molecule has 1 amide bonds. The summed E-state index contributed by atoms with van der Waals surface area (Å²) in [6, 6.07) is 10.0. The Morgan fingerprint density at radius 3 is 2.71 bits per heavy atom. The van der Waals surface area contributed by atoms with Gasteiger partial charge in [0.15, 0.2) is 0 Å². The van der Waals surface area contributed by atoms with E-state index in [0.29, 0.717) is 10.9 Å². The Balaban J connectivity index is 1.95. The maximum atomic E-state index is 12.0. The molecule has 0 N–H and O–H groups in total. The lowest BCUT2D eigenvalue weighted by Crippen LogP contribution is -2.36. The molecule has 2 atom stereocenters. The Labute approximate surface area is 145 Å². The van der Waals surface area contributed by atoms with Gasteiger partial charge in [-0.05, 0) is 35.8 Å². The number of amides is 1. The zero-order valence-electron chi connectivity index (χ0n) is 13.4. The fraction of sp³-hybridized carbons (Fsp3) is 0.211. The highest BCUT2D eigenvalue weighted by molar-refractivity contribution is 6.32. The number of allylic oxidation sites excluding steroid dienone is 2. The van der Waals surface area contributed by atoms with E-state index in [9.17, 15) is 4.79 Å². The van der Waals surface area contributed by atoms with Crippen LogP contribution in [0.4, 0.5) is 0 Å². The molecule has 2 unspecified atom stereocenters. The minimum Gasteiger partial charge on any atom is -0.273 e. The van der Waals surface area contributed by atoms with Gasteiger partial charge in [-0.3, -0.25) is 9.79 Å². The number of hydrazone groups is 1. The molecular weight excluding hydrogens is 322 g/mol. The molecule has 1 aromatic rings. The zero-order chi connectivity index (χ0) is 16.8. The number of hydrogen-bond acceptors (Lipinski definition) is 3. The Morgan fingerprint density at radius 1 is 1.25 bits per heavy atom. The summed E-state index contributed by atoms with van der Waals surface area (Å²) in [6.45, 7) is 3.45. The van der Waals surface area contributed by atoms with Gasteiger partial charge in [0, 0.05) is 12.0 Å². The normalized spacial score (nSPS) is 25.0. The topological polar surface area (TPSA) is 45.0 Å². The van der Waals surface area contributed by atoms with Crippen LogP contribution in [0.1, 0.15) is 19.4 Å². The summed E-state index contributed by atoms with van der Waals surface area (Å²) in [4.78, 5) is 16.8. The second-order valence-electron chi connectivity index (χ2n) is 6.06. The predicted octanol–water partition coefficient (Wildman–Crippen LogP) is 3.77. The van der Waals surface area contributed by atoms with E-state index in [1.54, 1.807) is 0 Å². The number of halogens is 1. The van der Waals surface area contributed by atoms with Crippen LogP contribution >= 0.6 is 11.6 Å². The first-order chi connectivity index (χ1) is 11.6. The summed E-state index contributed by atoms with van der Waals surface area (Å²) >= 11 is 6.24. The van der Waals surface area contributed by atoms with Gasteiger partial charge in [0.2, 0.25) is 5.91 Å². The van der Waals surface area contributed by atoms with Crippen LogP contribution in [0.5, 0.6) is 0 Å². The van der Waals surface area contributed by atoms with Crippen LogP contribution < -0.4 is 0 Å². The zero-order valence-corrected chi connectivity index (χ0v) is 14.2. The molecule has 0 radical (unpaired) electrons. The monoisotopic (exact) mass is 337 g/mol. The molecule has 0 aromatic heterocycles. The van der Waals surface area contributed by atoms with Gasteiger partial charge in [-0.1, -0.05) is 48.0 Å². The molecule has 2 aliphatic heterocycles. The molecule has 1 aromatic carbocycles. The van der Waals surface area contributed by atoms with E-state index >= 15 is 0 Å². The van der Waals surface area contributed by atoms with E-state index in [1.165, 1.54) is 11.9 Å². The third-order valence-electron chi connectivity index (χ3n) is 4.45. The molecule has 1 aliphatic carbocycles. The van der Waals surface area contributed by atoms with Crippen molar-refractivity contribution in [3.8, 4) is 0 Å². The Bertz CT molecular complexity index is 877. The van der Waals surface area contributed by atoms with Gasteiger partial charge < -0.3 is 0 Å². The molecule has 0 saturated carbocycles. The highest BCUT2D eigenvalue weighted by Crippen LogP contribution is 2.41. The molecule has 120 valence electrons. The lowest BCUT2D eigenvalue weighted by Gasteiger charge is -2.30. The van der Waals surface area contributed by atoms with Crippen molar-refractivity contribution in [3.63, 3.8) is 0 Å². The van der Waals surface area contributed by atoms with Crippen molar-refractivity contribution < 1.29 is 4.79 Å². The Hall–Kier alpha value is -2.46. The van der Waals surface area contributed by atoms with Crippen molar-refractivity contribution in [2.45, 2.75) is 19.9 Å². The molecule has 5 heteroatoms. The second kappa shape index (κ2) is 5.56. The van der Waals surface area contributed by atoms with Gasteiger partial charge in [-0.2, -0.15) is 10.1 Å². The number of hydrogen-bond donors (Lipinski definition) is 0. The van der Waals surface area contributed by atoms with Crippen LogP contribution in [0.25, 0.3) is 5.57 Å². The molecule has 0 bridgehead atoms. The average molecular weight is 338 g/mol. The van der Waals surface area contributed by atoms with Crippen LogP contribution in [0, 0.1) is 5.92 Å². The first-order valence-electron chi connectivity index (χ1n) is 7.84. The van der Waals surface area contributed by atoms with E-state index in [4.69, 9.17) is 16.6 Å². The molecule has 4 rings (SSSR count). The van der Waals surface area contributed by atoms with Crippen molar-refractivity contribution in [1.29, 1.82) is 0 Å².